The Labute approximate surface area is 123 Å². The monoisotopic (exact) mass is 285 g/mol. The second-order valence-corrected chi connectivity index (χ2v) is 6.11. The lowest BCUT2D eigenvalue weighted by molar-refractivity contribution is 0.0940. The van der Waals surface area contributed by atoms with Gasteiger partial charge in [0.05, 0.1) is 5.39 Å². The Bertz CT molecular complexity index is 666. The van der Waals surface area contributed by atoms with Gasteiger partial charge in [0, 0.05) is 12.6 Å². The van der Waals surface area contributed by atoms with Gasteiger partial charge in [-0.2, -0.15) is 0 Å². The van der Waals surface area contributed by atoms with Crippen molar-refractivity contribution in [2.24, 2.45) is 11.8 Å². The Morgan fingerprint density at radius 3 is 3.24 bits per heavy atom. The minimum atomic E-state index is -0.150. The van der Waals surface area contributed by atoms with Crippen LogP contribution < -0.4 is 10.6 Å². The number of amides is 1. The van der Waals surface area contributed by atoms with Crippen molar-refractivity contribution in [1.29, 1.82) is 0 Å². The van der Waals surface area contributed by atoms with E-state index in [-0.39, 0.29) is 5.91 Å². The third-order valence-electron chi connectivity index (χ3n) is 4.95. The number of rotatable bonds is 3. The molecule has 1 amide bonds. The number of para-hydroxylation sites is 1. The molecule has 2 N–H and O–H groups in total. The zero-order valence-corrected chi connectivity index (χ0v) is 11.8. The average Bonchev–Trinajstić information content (AvgIpc) is 3.20. The van der Waals surface area contributed by atoms with Gasteiger partial charge < -0.3 is 15.2 Å². The lowest BCUT2D eigenvalue weighted by Gasteiger charge is -2.18. The van der Waals surface area contributed by atoms with E-state index in [0.29, 0.717) is 23.9 Å². The molecule has 21 heavy (non-hydrogen) atoms. The topological polar surface area (TPSA) is 67.2 Å². The highest BCUT2D eigenvalue weighted by Crippen LogP contribution is 2.37. The predicted molar refractivity (Wildman–Crippen MR) is 79.0 cm³/mol. The van der Waals surface area contributed by atoms with Crippen LogP contribution >= 0.6 is 0 Å². The molecule has 5 nitrogen and oxygen atoms in total. The summed E-state index contributed by atoms with van der Waals surface area (Å²) in [5, 5.41) is 11.2. The number of nitrogens with zero attached hydrogens (tertiary/aromatic N) is 1. The van der Waals surface area contributed by atoms with E-state index < -0.39 is 0 Å². The third kappa shape index (κ3) is 2.21. The Balaban J connectivity index is 1.44. The summed E-state index contributed by atoms with van der Waals surface area (Å²) in [5.74, 6) is 1.38. The molecule has 1 aromatic carbocycles. The summed E-state index contributed by atoms with van der Waals surface area (Å²) in [6.45, 7) is 1.76. The zero-order valence-electron chi connectivity index (χ0n) is 11.8. The third-order valence-corrected chi connectivity index (χ3v) is 4.95. The van der Waals surface area contributed by atoms with Gasteiger partial charge >= 0.3 is 0 Å². The van der Waals surface area contributed by atoms with Gasteiger partial charge in [-0.25, -0.2) is 0 Å². The molecule has 5 heteroatoms. The maximum Gasteiger partial charge on any atom is 0.274 e. The highest BCUT2D eigenvalue weighted by atomic mass is 16.5. The molecule has 1 aliphatic heterocycles. The van der Waals surface area contributed by atoms with Crippen LogP contribution in [0.4, 0.5) is 0 Å². The first kappa shape index (κ1) is 12.8. The molecule has 110 valence electrons. The van der Waals surface area contributed by atoms with Crippen LogP contribution in [0.1, 0.15) is 29.8 Å². The summed E-state index contributed by atoms with van der Waals surface area (Å²) in [7, 11) is 0. The summed E-state index contributed by atoms with van der Waals surface area (Å²) >= 11 is 0. The summed E-state index contributed by atoms with van der Waals surface area (Å²) in [4.78, 5) is 12.3. The standard InChI is InChI=1S/C16H19N3O2/c20-16(15-12-5-1-2-7-14(12)21-19-15)18-9-13-11-6-3-4-10(11)8-17-13/h1-2,5,7,10-11,13,17H,3-4,6,8-9H2,(H,18,20)/t10-,11-,13+/m0/s1. The number of carbonyl (C=O) groups is 1. The summed E-state index contributed by atoms with van der Waals surface area (Å²) < 4.78 is 5.18. The number of fused-ring (bicyclic) bond motifs is 2. The Morgan fingerprint density at radius 2 is 2.29 bits per heavy atom. The predicted octanol–water partition coefficient (Wildman–Crippen LogP) is 1.95. The maximum absolute atomic E-state index is 12.3. The van der Waals surface area contributed by atoms with Crippen LogP contribution in [0, 0.1) is 11.8 Å². The van der Waals surface area contributed by atoms with E-state index in [9.17, 15) is 4.79 Å². The van der Waals surface area contributed by atoms with Crippen molar-refractivity contribution in [3.05, 3.63) is 30.0 Å². The van der Waals surface area contributed by atoms with Crippen LogP contribution in [-0.4, -0.2) is 30.2 Å². The fourth-order valence-corrected chi connectivity index (χ4v) is 3.86. The van der Waals surface area contributed by atoms with Gasteiger partial charge in [-0.1, -0.05) is 23.7 Å². The molecular weight excluding hydrogens is 266 g/mol. The second-order valence-electron chi connectivity index (χ2n) is 6.11. The Kier molecular flexibility index (Phi) is 3.15. The van der Waals surface area contributed by atoms with E-state index in [1.54, 1.807) is 0 Å². The average molecular weight is 285 g/mol. The van der Waals surface area contributed by atoms with Gasteiger partial charge in [-0.15, -0.1) is 0 Å². The number of aromatic nitrogens is 1. The summed E-state index contributed by atoms with van der Waals surface area (Å²) in [5.41, 5.74) is 1.03. The molecule has 4 rings (SSSR count). The molecule has 1 saturated carbocycles. The normalized spacial score (nSPS) is 27.9. The second kappa shape index (κ2) is 5.15. The van der Waals surface area contributed by atoms with E-state index >= 15 is 0 Å². The van der Waals surface area contributed by atoms with Crippen LogP contribution in [0.5, 0.6) is 0 Å². The quantitative estimate of drug-likeness (QED) is 0.904. The highest BCUT2D eigenvalue weighted by molar-refractivity contribution is 6.03. The molecule has 0 radical (unpaired) electrons. The van der Waals surface area contributed by atoms with E-state index in [0.717, 1.165) is 23.8 Å². The molecule has 0 bridgehead atoms. The Hall–Kier alpha value is -1.88. The van der Waals surface area contributed by atoms with E-state index in [4.69, 9.17) is 4.52 Å². The molecule has 1 aromatic heterocycles. The van der Waals surface area contributed by atoms with Crippen LogP contribution in [0.25, 0.3) is 11.0 Å². The molecular formula is C16H19N3O2. The number of nitrogens with one attached hydrogen (secondary N) is 2. The highest BCUT2D eigenvalue weighted by Gasteiger charge is 2.38. The number of hydrogen-bond acceptors (Lipinski definition) is 4. The molecule has 0 spiro atoms. The van der Waals surface area contributed by atoms with Crippen molar-refractivity contribution in [2.75, 3.05) is 13.1 Å². The first-order valence-electron chi connectivity index (χ1n) is 7.69. The SMILES string of the molecule is O=C(NC[C@H]1NC[C@@H]2CCC[C@@H]21)c1noc2ccccc12. The van der Waals surface area contributed by atoms with E-state index in [2.05, 4.69) is 15.8 Å². The molecule has 1 aliphatic carbocycles. The van der Waals surface area contributed by atoms with E-state index in [1.807, 2.05) is 24.3 Å². The van der Waals surface area contributed by atoms with Gasteiger partial charge in [0.1, 0.15) is 0 Å². The van der Waals surface area contributed by atoms with Crippen molar-refractivity contribution in [3.8, 4) is 0 Å². The largest absolute Gasteiger partial charge is 0.355 e. The van der Waals surface area contributed by atoms with Crippen molar-refractivity contribution in [1.82, 2.24) is 15.8 Å². The van der Waals surface area contributed by atoms with E-state index in [1.165, 1.54) is 19.3 Å². The molecule has 2 heterocycles. The number of hydrogen-bond donors (Lipinski definition) is 2. The van der Waals surface area contributed by atoms with Gasteiger partial charge in [0.2, 0.25) is 0 Å². The van der Waals surface area contributed by atoms with Gasteiger partial charge in [-0.05, 0) is 43.4 Å². The van der Waals surface area contributed by atoms with Crippen molar-refractivity contribution in [3.63, 3.8) is 0 Å². The van der Waals surface area contributed by atoms with Crippen molar-refractivity contribution in [2.45, 2.75) is 25.3 Å². The van der Waals surface area contributed by atoms with Crippen LogP contribution in [0.3, 0.4) is 0 Å². The molecule has 2 aliphatic rings. The smallest absolute Gasteiger partial charge is 0.274 e. The maximum atomic E-state index is 12.3. The van der Waals surface area contributed by atoms with Gasteiger partial charge in [0.15, 0.2) is 11.3 Å². The van der Waals surface area contributed by atoms with Crippen molar-refractivity contribution < 1.29 is 9.32 Å². The van der Waals surface area contributed by atoms with Gasteiger partial charge in [-0.3, -0.25) is 4.79 Å². The fourth-order valence-electron chi connectivity index (χ4n) is 3.86. The molecule has 2 fully saturated rings. The molecule has 0 unspecified atom stereocenters. The molecule has 1 saturated heterocycles. The van der Waals surface area contributed by atoms with Gasteiger partial charge in [0.25, 0.3) is 5.91 Å². The lowest BCUT2D eigenvalue weighted by atomic mass is 9.94. The zero-order chi connectivity index (χ0) is 14.2. The van der Waals surface area contributed by atoms with Crippen LogP contribution in [-0.2, 0) is 0 Å². The minimum absolute atomic E-state index is 0.150. The molecule has 3 atom stereocenters. The first-order valence-corrected chi connectivity index (χ1v) is 7.69. The van der Waals surface area contributed by atoms with Crippen LogP contribution in [0.2, 0.25) is 0 Å². The summed E-state index contributed by atoms with van der Waals surface area (Å²) in [6.07, 6.45) is 3.94. The Morgan fingerprint density at radius 1 is 1.38 bits per heavy atom. The molecule has 2 aromatic rings. The van der Waals surface area contributed by atoms with Crippen molar-refractivity contribution >= 4 is 16.9 Å². The summed E-state index contributed by atoms with van der Waals surface area (Å²) in [6, 6.07) is 7.85. The number of carbonyl (C=O) groups excluding carboxylic acids is 1. The first-order chi connectivity index (χ1) is 10.3. The fraction of sp³-hybridized carbons (Fsp3) is 0.500. The van der Waals surface area contributed by atoms with Crippen LogP contribution in [0.15, 0.2) is 28.8 Å². The number of benzene rings is 1. The lowest BCUT2D eigenvalue weighted by Crippen LogP contribution is -2.40. The minimum Gasteiger partial charge on any atom is -0.355 e.